The van der Waals surface area contributed by atoms with E-state index >= 15 is 0 Å². The molecule has 1 heterocycles. The highest BCUT2D eigenvalue weighted by Gasteiger charge is 2.26. The van der Waals surface area contributed by atoms with Crippen molar-refractivity contribution in [2.75, 3.05) is 38.2 Å². The normalized spacial score (nSPS) is 14.1. The number of nitro groups is 1. The summed E-state index contributed by atoms with van der Waals surface area (Å²) in [6.07, 6.45) is 0. The first-order valence-electron chi connectivity index (χ1n) is 10.4. The SMILES string of the molecule is COc1ccc(N2CCN(C(=S)NC(=O)c3ccc(C(C)(C)C)cc3)CC2)c([N+](=O)[O-])c1. The molecule has 8 nitrogen and oxygen atoms in total. The first kappa shape index (κ1) is 23.5. The number of thiocarbonyl (C=S) groups is 1. The Balaban J connectivity index is 1.60. The Labute approximate surface area is 193 Å². The molecule has 1 fully saturated rings. The van der Waals surface area contributed by atoms with Crippen LogP contribution < -0.4 is 15.0 Å². The van der Waals surface area contributed by atoms with E-state index < -0.39 is 4.92 Å². The van der Waals surface area contributed by atoms with Crippen LogP contribution in [0.1, 0.15) is 36.7 Å². The van der Waals surface area contributed by atoms with Gasteiger partial charge in [-0.05, 0) is 47.5 Å². The lowest BCUT2D eigenvalue weighted by Crippen LogP contribution is -2.52. The third-order valence-corrected chi connectivity index (χ3v) is 5.88. The summed E-state index contributed by atoms with van der Waals surface area (Å²) >= 11 is 5.44. The summed E-state index contributed by atoms with van der Waals surface area (Å²) < 4.78 is 5.10. The van der Waals surface area contributed by atoms with E-state index in [1.807, 2.05) is 21.9 Å². The average Bonchev–Trinajstić information content (AvgIpc) is 2.78. The summed E-state index contributed by atoms with van der Waals surface area (Å²) in [4.78, 5) is 27.5. The fraction of sp³-hybridized carbons (Fsp3) is 0.391. The first-order valence-corrected chi connectivity index (χ1v) is 10.8. The zero-order valence-corrected chi connectivity index (χ0v) is 19.6. The lowest BCUT2D eigenvalue weighted by atomic mass is 9.87. The molecule has 0 spiro atoms. The van der Waals surface area contributed by atoms with E-state index in [9.17, 15) is 14.9 Å². The maximum absolute atomic E-state index is 12.6. The molecule has 0 atom stereocenters. The predicted molar refractivity (Wildman–Crippen MR) is 129 cm³/mol. The Bertz CT molecular complexity index is 1010. The van der Waals surface area contributed by atoms with Crippen molar-refractivity contribution in [3.05, 3.63) is 63.7 Å². The van der Waals surface area contributed by atoms with Gasteiger partial charge in [0.2, 0.25) is 0 Å². The number of nitro benzene ring substituents is 1. The minimum Gasteiger partial charge on any atom is -0.496 e. The number of piperazine rings is 1. The van der Waals surface area contributed by atoms with E-state index in [-0.39, 0.29) is 17.0 Å². The van der Waals surface area contributed by atoms with Crippen LogP contribution in [0.3, 0.4) is 0 Å². The molecular weight excluding hydrogens is 428 g/mol. The molecule has 9 heteroatoms. The number of rotatable bonds is 4. The Morgan fingerprint density at radius 1 is 1.09 bits per heavy atom. The number of nitrogens with zero attached hydrogens (tertiary/aromatic N) is 3. The molecule has 2 aromatic carbocycles. The summed E-state index contributed by atoms with van der Waals surface area (Å²) in [6.45, 7) is 8.55. The van der Waals surface area contributed by atoms with Gasteiger partial charge in [-0.25, -0.2) is 0 Å². The summed E-state index contributed by atoms with van der Waals surface area (Å²) in [6, 6.07) is 12.4. The molecule has 1 N–H and O–H groups in total. The van der Waals surface area contributed by atoms with Crippen molar-refractivity contribution in [2.24, 2.45) is 0 Å². The third kappa shape index (κ3) is 5.34. The van der Waals surface area contributed by atoms with E-state index in [0.717, 1.165) is 5.56 Å². The molecule has 0 aliphatic carbocycles. The molecule has 3 rings (SSSR count). The van der Waals surface area contributed by atoms with Crippen LogP contribution in [0.5, 0.6) is 5.75 Å². The van der Waals surface area contributed by atoms with E-state index in [4.69, 9.17) is 17.0 Å². The number of carbonyl (C=O) groups excluding carboxylic acids is 1. The quantitative estimate of drug-likeness (QED) is 0.426. The molecule has 170 valence electrons. The lowest BCUT2D eigenvalue weighted by molar-refractivity contribution is -0.384. The number of amides is 1. The van der Waals surface area contributed by atoms with Gasteiger partial charge in [0, 0.05) is 31.7 Å². The number of hydrogen-bond donors (Lipinski definition) is 1. The van der Waals surface area contributed by atoms with Gasteiger partial charge < -0.3 is 14.5 Å². The molecule has 1 aliphatic rings. The molecule has 0 bridgehead atoms. The standard InChI is InChI=1S/C23H28N4O4S/c1-23(2,3)17-7-5-16(6-8-17)21(28)24-22(32)26-13-11-25(12-14-26)19-10-9-18(31-4)15-20(19)27(29)30/h5-10,15H,11-14H2,1-4H3,(H,24,28,32). The zero-order valence-electron chi connectivity index (χ0n) is 18.8. The first-order chi connectivity index (χ1) is 15.1. The smallest absolute Gasteiger partial charge is 0.296 e. The van der Waals surface area contributed by atoms with Crippen LogP contribution in [0.15, 0.2) is 42.5 Å². The van der Waals surface area contributed by atoms with Gasteiger partial charge in [-0.15, -0.1) is 0 Å². The van der Waals surface area contributed by atoms with Gasteiger partial charge >= 0.3 is 0 Å². The van der Waals surface area contributed by atoms with E-state index in [2.05, 4.69) is 26.1 Å². The molecule has 1 saturated heterocycles. The molecule has 0 unspecified atom stereocenters. The third-order valence-electron chi connectivity index (χ3n) is 5.52. The summed E-state index contributed by atoms with van der Waals surface area (Å²) in [7, 11) is 1.48. The van der Waals surface area contributed by atoms with E-state index in [0.29, 0.717) is 48.3 Å². The molecule has 2 aromatic rings. The predicted octanol–water partition coefficient (Wildman–Crippen LogP) is 3.74. The monoisotopic (exact) mass is 456 g/mol. The highest BCUT2D eigenvalue weighted by molar-refractivity contribution is 7.80. The molecule has 32 heavy (non-hydrogen) atoms. The van der Waals surface area contributed by atoms with Crippen molar-refractivity contribution >= 4 is 34.6 Å². The van der Waals surface area contributed by atoms with E-state index in [1.165, 1.54) is 13.2 Å². The molecule has 0 saturated carbocycles. The van der Waals surface area contributed by atoms with Gasteiger partial charge in [-0.3, -0.25) is 20.2 Å². The van der Waals surface area contributed by atoms with Crippen LogP contribution in [0, 0.1) is 10.1 Å². The second-order valence-electron chi connectivity index (χ2n) is 8.67. The van der Waals surface area contributed by atoms with Crippen LogP contribution in [0.4, 0.5) is 11.4 Å². The second-order valence-corrected chi connectivity index (χ2v) is 9.06. The zero-order chi connectivity index (χ0) is 23.5. The van der Waals surface area contributed by atoms with Crippen LogP contribution in [0.25, 0.3) is 0 Å². The van der Waals surface area contributed by atoms with Crippen molar-refractivity contribution in [1.29, 1.82) is 0 Å². The highest BCUT2D eigenvalue weighted by atomic mass is 32.1. The molecule has 1 amide bonds. The number of methoxy groups -OCH3 is 1. The van der Waals surface area contributed by atoms with Crippen molar-refractivity contribution in [3.63, 3.8) is 0 Å². The topological polar surface area (TPSA) is 88.0 Å². The molecule has 0 aromatic heterocycles. The number of hydrogen-bond acceptors (Lipinski definition) is 6. The van der Waals surface area contributed by atoms with Crippen LogP contribution in [-0.2, 0) is 5.41 Å². The fourth-order valence-corrected chi connectivity index (χ4v) is 3.84. The van der Waals surface area contributed by atoms with Crippen LogP contribution in [-0.4, -0.2) is 54.1 Å². The summed E-state index contributed by atoms with van der Waals surface area (Å²) in [5.74, 6) is 0.196. The van der Waals surface area contributed by atoms with Crippen molar-refractivity contribution in [3.8, 4) is 5.75 Å². The minimum absolute atomic E-state index is 0.00684. The van der Waals surface area contributed by atoms with Gasteiger partial charge in [-0.1, -0.05) is 32.9 Å². The van der Waals surface area contributed by atoms with E-state index in [1.54, 1.807) is 24.3 Å². The maximum Gasteiger partial charge on any atom is 0.296 e. The Morgan fingerprint density at radius 3 is 2.25 bits per heavy atom. The lowest BCUT2D eigenvalue weighted by Gasteiger charge is -2.37. The van der Waals surface area contributed by atoms with Crippen LogP contribution in [0.2, 0.25) is 0 Å². The number of anilines is 1. The number of benzene rings is 2. The van der Waals surface area contributed by atoms with Gasteiger partial charge in [0.25, 0.3) is 11.6 Å². The van der Waals surface area contributed by atoms with Crippen molar-refractivity contribution in [2.45, 2.75) is 26.2 Å². The van der Waals surface area contributed by atoms with Crippen molar-refractivity contribution < 1.29 is 14.5 Å². The number of ether oxygens (including phenoxy) is 1. The highest BCUT2D eigenvalue weighted by Crippen LogP contribution is 2.32. The minimum atomic E-state index is -0.403. The number of carbonyl (C=O) groups is 1. The maximum atomic E-state index is 12.6. The molecular formula is C23H28N4O4S. The van der Waals surface area contributed by atoms with Gasteiger partial charge in [0.15, 0.2) is 5.11 Å². The fourth-order valence-electron chi connectivity index (χ4n) is 3.56. The summed E-state index contributed by atoms with van der Waals surface area (Å²) in [5, 5.41) is 14.6. The Morgan fingerprint density at radius 2 is 1.72 bits per heavy atom. The van der Waals surface area contributed by atoms with Gasteiger partial charge in [0.05, 0.1) is 18.1 Å². The Hall–Kier alpha value is -3.20. The van der Waals surface area contributed by atoms with Gasteiger partial charge in [0.1, 0.15) is 11.4 Å². The van der Waals surface area contributed by atoms with Crippen LogP contribution >= 0.6 is 12.2 Å². The number of nitrogens with one attached hydrogen (secondary N) is 1. The van der Waals surface area contributed by atoms with Crippen molar-refractivity contribution in [1.82, 2.24) is 10.2 Å². The largest absolute Gasteiger partial charge is 0.496 e. The second kappa shape index (κ2) is 9.52. The average molecular weight is 457 g/mol. The Kier molecular flexibility index (Phi) is 6.98. The molecule has 1 aliphatic heterocycles. The molecule has 0 radical (unpaired) electrons. The summed E-state index contributed by atoms with van der Waals surface area (Å²) in [5.41, 5.74) is 2.27. The van der Waals surface area contributed by atoms with Gasteiger partial charge in [-0.2, -0.15) is 0 Å².